The molecular formula is C29H49N5O3S. The number of urea groups is 1. The van der Waals surface area contributed by atoms with Crippen LogP contribution in [0.1, 0.15) is 77.2 Å². The summed E-state index contributed by atoms with van der Waals surface area (Å²) in [4.78, 5) is 16.6. The number of hydrogen-bond donors (Lipinski definition) is 1. The zero-order valence-corrected chi connectivity index (χ0v) is 25.1. The van der Waals surface area contributed by atoms with Gasteiger partial charge in [0.15, 0.2) is 0 Å². The molecule has 0 spiro atoms. The van der Waals surface area contributed by atoms with E-state index in [-0.39, 0.29) is 24.1 Å². The number of aromatic nitrogens is 2. The minimum absolute atomic E-state index is 0.0824. The molecule has 1 saturated carbocycles. The van der Waals surface area contributed by atoms with Crippen LogP contribution in [0.25, 0.3) is 10.9 Å². The summed E-state index contributed by atoms with van der Waals surface area (Å²) in [6.07, 6.45) is 11.2. The van der Waals surface area contributed by atoms with Crippen molar-refractivity contribution in [1.82, 2.24) is 24.3 Å². The van der Waals surface area contributed by atoms with Gasteiger partial charge in [-0.3, -0.25) is 4.68 Å². The summed E-state index contributed by atoms with van der Waals surface area (Å²) in [6, 6.07) is 6.90. The lowest BCUT2D eigenvalue weighted by Crippen LogP contribution is -2.55. The number of likely N-dealkylation sites (tertiary alicyclic amines) is 1. The van der Waals surface area contributed by atoms with Crippen LogP contribution in [0.15, 0.2) is 24.4 Å². The molecule has 2 aliphatic rings. The molecule has 1 N–H and O–H groups in total. The number of nitrogens with one attached hydrogen (secondary N) is 1. The Bertz CT molecular complexity index is 1040. The topological polar surface area (TPSA) is 79.7 Å². The lowest BCUT2D eigenvalue weighted by molar-refractivity contribution is -0.0138. The van der Waals surface area contributed by atoms with E-state index in [0.717, 1.165) is 45.1 Å². The van der Waals surface area contributed by atoms with Gasteiger partial charge in [0.25, 0.3) is 0 Å². The van der Waals surface area contributed by atoms with E-state index in [0.29, 0.717) is 25.6 Å². The van der Waals surface area contributed by atoms with Crippen LogP contribution in [0.2, 0.25) is 0 Å². The van der Waals surface area contributed by atoms with Crippen LogP contribution in [0.3, 0.4) is 0 Å². The summed E-state index contributed by atoms with van der Waals surface area (Å²) in [6.45, 7) is 9.01. The van der Waals surface area contributed by atoms with Gasteiger partial charge >= 0.3 is 6.03 Å². The van der Waals surface area contributed by atoms with Crippen molar-refractivity contribution in [2.24, 2.45) is 13.0 Å². The van der Waals surface area contributed by atoms with Gasteiger partial charge in [-0.2, -0.15) is 5.10 Å². The Morgan fingerprint density at radius 3 is 2.55 bits per heavy atom. The molecule has 38 heavy (non-hydrogen) atoms. The van der Waals surface area contributed by atoms with Crippen LogP contribution in [0.5, 0.6) is 0 Å². The maximum atomic E-state index is 12.8. The average molecular weight is 548 g/mol. The maximum absolute atomic E-state index is 12.8. The third-order valence-electron chi connectivity index (χ3n) is 7.67. The first kappa shape index (κ1) is 30.6. The standard InChI is InChI=1S/C26H41N5O3S.C3H8/c1-5-13-29(2)26(32)31-14-12-24(28-35(4)33)22(17-31)18-34-23-9-6-19(7-10-23)20-8-11-25-21(15-20)16-27-30(25)3;1-3-2/h8,11,15-16,19,22-24,28H,5-7,9-10,12-14,17-18H2,1-4H3;3H2,1-2H3. The van der Waals surface area contributed by atoms with Crippen molar-refractivity contribution in [1.29, 1.82) is 0 Å². The van der Waals surface area contributed by atoms with E-state index in [1.807, 2.05) is 29.9 Å². The third kappa shape index (κ3) is 8.26. The quantitative estimate of drug-likeness (QED) is 0.501. The number of ether oxygens (including phenoxy) is 1. The second kappa shape index (κ2) is 15.0. The van der Waals surface area contributed by atoms with Gasteiger partial charge in [0.1, 0.15) is 0 Å². The monoisotopic (exact) mass is 547 g/mol. The molecule has 2 fully saturated rings. The van der Waals surface area contributed by atoms with Crippen LogP contribution in [0, 0.1) is 5.92 Å². The van der Waals surface area contributed by atoms with Gasteiger partial charge in [-0.1, -0.05) is 33.3 Å². The number of benzene rings is 1. The Kier molecular flexibility index (Phi) is 12.1. The summed E-state index contributed by atoms with van der Waals surface area (Å²) in [5.74, 6) is 0.700. The number of piperidine rings is 1. The second-order valence-corrected chi connectivity index (χ2v) is 12.1. The van der Waals surface area contributed by atoms with Crippen LogP contribution >= 0.6 is 0 Å². The summed E-state index contributed by atoms with van der Waals surface area (Å²) >= 11 is 0. The fourth-order valence-electron chi connectivity index (χ4n) is 5.67. The van der Waals surface area contributed by atoms with Crippen LogP contribution in [-0.2, 0) is 22.8 Å². The molecular weight excluding hydrogens is 498 g/mol. The van der Waals surface area contributed by atoms with Crippen LogP contribution in [0.4, 0.5) is 4.79 Å². The van der Waals surface area contributed by atoms with Crippen molar-refractivity contribution >= 4 is 27.9 Å². The van der Waals surface area contributed by atoms with Crippen molar-refractivity contribution in [2.45, 2.75) is 83.8 Å². The highest BCUT2D eigenvalue weighted by Crippen LogP contribution is 2.35. The summed E-state index contributed by atoms with van der Waals surface area (Å²) in [7, 11) is 2.76. The van der Waals surface area contributed by atoms with Gasteiger partial charge in [-0.05, 0) is 62.1 Å². The Labute approximate surface area is 232 Å². The largest absolute Gasteiger partial charge is 0.378 e. The highest BCUT2D eigenvalue weighted by atomic mass is 32.2. The molecule has 3 unspecified atom stereocenters. The first-order valence-corrected chi connectivity index (χ1v) is 16.0. The molecule has 1 aromatic carbocycles. The lowest BCUT2D eigenvalue weighted by atomic mass is 9.82. The Balaban J connectivity index is 0.00000127. The van der Waals surface area contributed by atoms with Gasteiger partial charge in [0.05, 0.1) is 35.4 Å². The number of carbonyl (C=O) groups excluding carboxylic acids is 1. The van der Waals surface area contributed by atoms with E-state index in [9.17, 15) is 9.00 Å². The molecule has 214 valence electrons. The summed E-state index contributed by atoms with van der Waals surface area (Å²) < 4.78 is 23.4. The van der Waals surface area contributed by atoms with Gasteiger partial charge in [0, 0.05) is 57.3 Å². The molecule has 1 saturated heterocycles. The van der Waals surface area contributed by atoms with E-state index in [1.54, 1.807) is 11.2 Å². The number of nitrogens with zero attached hydrogens (tertiary/aromatic N) is 4. The number of aryl methyl sites for hydroxylation is 1. The first-order valence-electron chi connectivity index (χ1n) is 14.4. The Morgan fingerprint density at radius 1 is 1.18 bits per heavy atom. The van der Waals surface area contributed by atoms with E-state index >= 15 is 0 Å². The van der Waals surface area contributed by atoms with Crippen molar-refractivity contribution in [2.75, 3.05) is 39.5 Å². The number of hydrogen-bond acceptors (Lipinski definition) is 4. The van der Waals surface area contributed by atoms with Crippen molar-refractivity contribution in [3.8, 4) is 0 Å². The average Bonchev–Trinajstić information content (AvgIpc) is 3.28. The first-order chi connectivity index (χ1) is 18.3. The van der Waals surface area contributed by atoms with E-state index in [4.69, 9.17) is 4.74 Å². The fourth-order valence-corrected chi connectivity index (χ4v) is 6.41. The van der Waals surface area contributed by atoms with Crippen molar-refractivity contribution in [3.05, 3.63) is 30.0 Å². The molecule has 1 aliphatic heterocycles. The number of carbonyl (C=O) groups is 1. The highest BCUT2D eigenvalue weighted by Gasteiger charge is 2.34. The summed E-state index contributed by atoms with van der Waals surface area (Å²) in [5, 5.41) is 5.57. The van der Waals surface area contributed by atoms with Crippen molar-refractivity contribution < 1.29 is 13.7 Å². The van der Waals surface area contributed by atoms with Gasteiger partial charge in [-0.15, -0.1) is 0 Å². The lowest BCUT2D eigenvalue weighted by Gasteiger charge is -2.40. The molecule has 1 aliphatic carbocycles. The molecule has 0 radical (unpaired) electrons. The molecule has 2 aromatic rings. The van der Waals surface area contributed by atoms with E-state index in [2.05, 4.69) is 48.8 Å². The van der Waals surface area contributed by atoms with Crippen LogP contribution in [-0.4, -0.2) is 81.5 Å². The third-order valence-corrected chi connectivity index (χ3v) is 8.30. The minimum atomic E-state index is -1.09. The normalized spacial score (nSPS) is 24.5. The molecule has 8 nitrogen and oxygen atoms in total. The predicted octanol–water partition coefficient (Wildman–Crippen LogP) is 5.07. The number of fused-ring (bicyclic) bond motifs is 1. The van der Waals surface area contributed by atoms with Gasteiger partial charge < -0.3 is 14.5 Å². The van der Waals surface area contributed by atoms with E-state index in [1.165, 1.54) is 22.9 Å². The molecule has 3 atom stereocenters. The number of amides is 2. The molecule has 1 aromatic heterocycles. The molecule has 0 bridgehead atoms. The minimum Gasteiger partial charge on any atom is -0.378 e. The molecule has 4 rings (SSSR count). The van der Waals surface area contributed by atoms with Crippen molar-refractivity contribution in [3.63, 3.8) is 0 Å². The zero-order valence-electron chi connectivity index (χ0n) is 24.3. The molecule has 2 amide bonds. The van der Waals surface area contributed by atoms with Gasteiger partial charge in [-0.25, -0.2) is 13.7 Å². The smallest absolute Gasteiger partial charge is 0.319 e. The van der Waals surface area contributed by atoms with Crippen LogP contribution < -0.4 is 4.72 Å². The second-order valence-electron chi connectivity index (χ2n) is 11.0. The van der Waals surface area contributed by atoms with Gasteiger partial charge in [0.2, 0.25) is 0 Å². The predicted molar refractivity (Wildman–Crippen MR) is 157 cm³/mol. The summed E-state index contributed by atoms with van der Waals surface area (Å²) in [5.41, 5.74) is 2.57. The Morgan fingerprint density at radius 2 is 1.89 bits per heavy atom. The SMILES string of the molecule is CCC.CCCN(C)C(=O)N1CCC(NS(C)=O)C(COC2CCC(c3ccc4c(cnn4C)c3)CC2)C1. The fraction of sp³-hybridized carbons (Fsp3) is 0.724. The number of rotatable bonds is 8. The zero-order chi connectivity index (χ0) is 27.7. The maximum Gasteiger partial charge on any atom is 0.319 e. The molecule has 9 heteroatoms. The highest BCUT2D eigenvalue weighted by molar-refractivity contribution is 7.82. The molecule has 2 heterocycles. The Hall–Kier alpha value is -1.97. The van der Waals surface area contributed by atoms with E-state index < -0.39 is 11.0 Å².